The standard InChI is InChI=1S/C30H44BrNO2/c1-3-4-5-6-7-8-9-10-11-12-13-14-23-34-30-21-17-28(18-22-30)25-32(26(2)33)29-19-15-27(24-31)16-20-29/h15-22H,3-14,23-25H2,1-2H3. The second-order valence-corrected chi connectivity index (χ2v) is 9.85. The lowest BCUT2D eigenvalue weighted by Gasteiger charge is -2.22. The van der Waals surface area contributed by atoms with Gasteiger partial charge in [-0.15, -0.1) is 0 Å². The summed E-state index contributed by atoms with van der Waals surface area (Å²) in [5.41, 5.74) is 3.21. The predicted octanol–water partition coefficient (Wildman–Crippen LogP) is 9.21. The summed E-state index contributed by atoms with van der Waals surface area (Å²) in [4.78, 5) is 14.0. The van der Waals surface area contributed by atoms with Crippen LogP contribution in [-0.2, 0) is 16.7 Å². The molecule has 3 nitrogen and oxygen atoms in total. The molecule has 0 aliphatic carbocycles. The van der Waals surface area contributed by atoms with Crippen molar-refractivity contribution in [2.75, 3.05) is 11.5 Å². The number of carbonyl (C=O) groups excluding carboxylic acids is 1. The Kier molecular flexibility index (Phi) is 14.7. The van der Waals surface area contributed by atoms with Gasteiger partial charge in [-0.1, -0.05) is 118 Å². The number of carbonyl (C=O) groups is 1. The second kappa shape index (κ2) is 17.6. The van der Waals surface area contributed by atoms with Gasteiger partial charge in [-0.05, 0) is 41.8 Å². The van der Waals surface area contributed by atoms with Gasteiger partial charge in [0, 0.05) is 17.9 Å². The van der Waals surface area contributed by atoms with Crippen molar-refractivity contribution >= 4 is 27.5 Å². The average molecular weight is 531 g/mol. The number of benzene rings is 2. The Balaban J connectivity index is 1.60. The summed E-state index contributed by atoms with van der Waals surface area (Å²) in [6.07, 6.45) is 16.2. The third-order valence-corrected chi connectivity index (χ3v) is 6.96. The van der Waals surface area contributed by atoms with E-state index in [0.29, 0.717) is 6.54 Å². The maximum Gasteiger partial charge on any atom is 0.224 e. The van der Waals surface area contributed by atoms with Gasteiger partial charge in [0.15, 0.2) is 0 Å². The van der Waals surface area contributed by atoms with E-state index in [0.717, 1.165) is 35.4 Å². The third-order valence-electron chi connectivity index (χ3n) is 6.31. The topological polar surface area (TPSA) is 29.5 Å². The van der Waals surface area contributed by atoms with Crippen LogP contribution >= 0.6 is 15.9 Å². The highest BCUT2D eigenvalue weighted by atomic mass is 79.9. The van der Waals surface area contributed by atoms with Gasteiger partial charge < -0.3 is 9.64 Å². The molecule has 34 heavy (non-hydrogen) atoms. The zero-order chi connectivity index (χ0) is 24.4. The molecule has 2 aromatic carbocycles. The number of halogens is 1. The van der Waals surface area contributed by atoms with Crippen molar-refractivity contribution in [3.63, 3.8) is 0 Å². The number of unbranched alkanes of at least 4 members (excludes halogenated alkanes) is 11. The third kappa shape index (κ3) is 11.6. The summed E-state index contributed by atoms with van der Waals surface area (Å²) >= 11 is 3.47. The molecule has 0 aliphatic rings. The summed E-state index contributed by atoms with van der Waals surface area (Å²) in [7, 11) is 0. The van der Waals surface area contributed by atoms with Gasteiger partial charge in [0.05, 0.1) is 13.2 Å². The van der Waals surface area contributed by atoms with Crippen molar-refractivity contribution < 1.29 is 9.53 Å². The number of ether oxygens (including phenoxy) is 1. The summed E-state index contributed by atoms with van der Waals surface area (Å²) in [5, 5.41) is 0.814. The zero-order valence-electron chi connectivity index (χ0n) is 21.4. The maximum atomic E-state index is 12.2. The Labute approximate surface area is 216 Å². The Morgan fingerprint density at radius 3 is 1.74 bits per heavy atom. The predicted molar refractivity (Wildman–Crippen MR) is 149 cm³/mol. The molecule has 0 aromatic heterocycles. The minimum atomic E-state index is 0.0406. The van der Waals surface area contributed by atoms with E-state index < -0.39 is 0 Å². The van der Waals surface area contributed by atoms with Crippen molar-refractivity contribution in [2.45, 2.75) is 103 Å². The van der Waals surface area contributed by atoms with Crippen LogP contribution in [0.25, 0.3) is 0 Å². The molecule has 0 fully saturated rings. The minimum absolute atomic E-state index is 0.0406. The summed E-state index contributed by atoms with van der Waals surface area (Å²) in [6.45, 7) is 5.22. The highest BCUT2D eigenvalue weighted by Crippen LogP contribution is 2.21. The van der Waals surface area contributed by atoms with Gasteiger partial charge in [-0.25, -0.2) is 0 Å². The van der Waals surface area contributed by atoms with E-state index in [9.17, 15) is 4.79 Å². The lowest BCUT2D eigenvalue weighted by Crippen LogP contribution is -2.27. The Morgan fingerprint density at radius 2 is 1.24 bits per heavy atom. The maximum absolute atomic E-state index is 12.2. The zero-order valence-corrected chi connectivity index (χ0v) is 23.0. The van der Waals surface area contributed by atoms with Crippen molar-refractivity contribution in [3.8, 4) is 5.75 Å². The van der Waals surface area contributed by atoms with Crippen molar-refractivity contribution in [2.24, 2.45) is 0 Å². The van der Waals surface area contributed by atoms with Crippen LogP contribution in [0.4, 0.5) is 5.69 Å². The largest absolute Gasteiger partial charge is 0.494 e. The van der Waals surface area contributed by atoms with Gasteiger partial charge in [0.25, 0.3) is 0 Å². The molecular weight excluding hydrogens is 486 g/mol. The molecule has 0 aliphatic heterocycles. The van der Waals surface area contributed by atoms with Crippen LogP contribution in [-0.4, -0.2) is 12.5 Å². The van der Waals surface area contributed by atoms with Crippen molar-refractivity contribution in [1.29, 1.82) is 0 Å². The molecule has 0 bridgehead atoms. The number of anilines is 1. The van der Waals surface area contributed by atoms with Gasteiger partial charge in [-0.2, -0.15) is 0 Å². The van der Waals surface area contributed by atoms with Crippen LogP contribution in [0, 0.1) is 0 Å². The van der Waals surface area contributed by atoms with E-state index in [1.54, 1.807) is 11.8 Å². The molecule has 2 rings (SSSR count). The van der Waals surface area contributed by atoms with Crippen LogP contribution in [0.5, 0.6) is 5.75 Å². The van der Waals surface area contributed by atoms with Crippen molar-refractivity contribution in [3.05, 3.63) is 59.7 Å². The monoisotopic (exact) mass is 529 g/mol. The quantitative estimate of drug-likeness (QED) is 0.142. The molecule has 1 amide bonds. The Morgan fingerprint density at radius 1 is 0.735 bits per heavy atom. The summed E-state index contributed by atoms with van der Waals surface area (Å²) < 4.78 is 5.93. The number of amides is 1. The Hall–Kier alpha value is -1.81. The summed E-state index contributed by atoms with van der Waals surface area (Å²) in [6, 6.07) is 16.2. The normalized spacial score (nSPS) is 10.9. The first-order valence-electron chi connectivity index (χ1n) is 13.3. The molecule has 0 heterocycles. The molecule has 188 valence electrons. The molecule has 0 saturated carbocycles. The van der Waals surface area contributed by atoms with Gasteiger partial charge >= 0.3 is 0 Å². The smallest absolute Gasteiger partial charge is 0.224 e. The number of nitrogens with zero attached hydrogens (tertiary/aromatic N) is 1. The van der Waals surface area contributed by atoms with E-state index in [-0.39, 0.29) is 5.91 Å². The van der Waals surface area contributed by atoms with Gasteiger partial charge in [0.1, 0.15) is 5.75 Å². The molecule has 4 heteroatoms. The van der Waals surface area contributed by atoms with Gasteiger partial charge in [-0.3, -0.25) is 4.79 Å². The number of rotatable bonds is 18. The van der Waals surface area contributed by atoms with Crippen molar-refractivity contribution in [1.82, 2.24) is 0 Å². The fourth-order valence-corrected chi connectivity index (χ4v) is 4.53. The molecule has 0 spiro atoms. The molecule has 0 radical (unpaired) electrons. The van der Waals surface area contributed by atoms with Gasteiger partial charge in [0.2, 0.25) is 5.91 Å². The van der Waals surface area contributed by atoms with Crippen LogP contribution in [0.2, 0.25) is 0 Å². The van der Waals surface area contributed by atoms with Crippen LogP contribution in [0.15, 0.2) is 48.5 Å². The molecule has 0 atom stereocenters. The van der Waals surface area contributed by atoms with Crippen LogP contribution in [0.1, 0.15) is 102 Å². The second-order valence-electron chi connectivity index (χ2n) is 9.29. The van der Waals surface area contributed by atoms with Crippen LogP contribution in [0.3, 0.4) is 0 Å². The SMILES string of the molecule is CCCCCCCCCCCCCCOc1ccc(CN(C(C)=O)c2ccc(CBr)cc2)cc1. The van der Waals surface area contributed by atoms with E-state index in [1.807, 2.05) is 36.4 Å². The first-order valence-corrected chi connectivity index (χ1v) is 14.4. The molecule has 0 unspecified atom stereocenters. The Bertz CT molecular complexity index is 788. The van der Waals surface area contributed by atoms with E-state index >= 15 is 0 Å². The lowest BCUT2D eigenvalue weighted by molar-refractivity contribution is -0.116. The van der Waals surface area contributed by atoms with Crippen LogP contribution < -0.4 is 9.64 Å². The lowest BCUT2D eigenvalue weighted by atomic mass is 10.1. The fraction of sp³-hybridized carbons (Fsp3) is 0.567. The molecular formula is C30H44BrNO2. The van der Waals surface area contributed by atoms with E-state index in [1.165, 1.54) is 76.2 Å². The average Bonchev–Trinajstić information content (AvgIpc) is 2.86. The highest BCUT2D eigenvalue weighted by Gasteiger charge is 2.12. The molecule has 0 saturated heterocycles. The molecule has 0 N–H and O–H groups in total. The highest BCUT2D eigenvalue weighted by molar-refractivity contribution is 9.08. The first-order chi connectivity index (χ1) is 16.6. The number of alkyl halides is 1. The first kappa shape index (κ1) is 28.4. The number of hydrogen-bond acceptors (Lipinski definition) is 2. The fourth-order valence-electron chi connectivity index (χ4n) is 4.16. The van der Waals surface area contributed by atoms with E-state index in [2.05, 4.69) is 35.0 Å². The molecule has 2 aromatic rings. The number of hydrogen-bond donors (Lipinski definition) is 0. The van der Waals surface area contributed by atoms with E-state index in [4.69, 9.17) is 4.74 Å². The summed E-state index contributed by atoms with van der Waals surface area (Å²) in [5.74, 6) is 0.946. The minimum Gasteiger partial charge on any atom is -0.494 e.